The van der Waals surface area contributed by atoms with Crippen molar-refractivity contribution in [2.45, 2.75) is 26.6 Å². The lowest BCUT2D eigenvalue weighted by Crippen LogP contribution is -2.41. The number of benzene rings is 1. The fourth-order valence-electron chi connectivity index (χ4n) is 2.24. The highest BCUT2D eigenvalue weighted by Crippen LogP contribution is 2.37. The number of esters is 3. The second-order valence-corrected chi connectivity index (χ2v) is 6.27. The summed E-state index contributed by atoms with van der Waals surface area (Å²) in [6.07, 6.45) is 1.27. The van der Waals surface area contributed by atoms with Gasteiger partial charge in [0.25, 0.3) is 5.79 Å². The summed E-state index contributed by atoms with van der Waals surface area (Å²) < 4.78 is 25.4. The summed E-state index contributed by atoms with van der Waals surface area (Å²) in [6.45, 7) is 4.46. The summed E-state index contributed by atoms with van der Waals surface area (Å²) in [6, 6.07) is 2.93. The van der Waals surface area contributed by atoms with Crippen molar-refractivity contribution in [3.05, 3.63) is 28.3 Å². The van der Waals surface area contributed by atoms with Crippen LogP contribution >= 0.6 is 11.6 Å². The Morgan fingerprint density at radius 1 is 1.22 bits per heavy atom. The molecule has 1 aromatic rings. The summed E-state index contributed by atoms with van der Waals surface area (Å²) in [4.78, 5) is 35.5. The Labute approximate surface area is 160 Å². The number of carbonyl (C=O) groups is 3. The van der Waals surface area contributed by atoms with Crippen LogP contribution in [0.5, 0.6) is 11.5 Å². The molecule has 0 atom stereocenters. The average molecular weight is 399 g/mol. The Morgan fingerprint density at radius 2 is 1.85 bits per heavy atom. The molecule has 1 heterocycles. The maximum absolute atomic E-state index is 12.0. The van der Waals surface area contributed by atoms with Gasteiger partial charge < -0.3 is 23.7 Å². The Balaban J connectivity index is 2.29. The van der Waals surface area contributed by atoms with Crippen LogP contribution < -0.4 is 9.47 Å². The molecule has 27 heavy (non-hydrogen) atoms. The van der Waals surface area contributed by atoms with Crippen LogP contribution in [0.3, 0.4) is 0 Å². The van der Waals surface area contributed by atoms with Gasteiger partial charge in [-0.15, -0.1) is 0 Å². The number of rotatable bonds is 6. The minimum Gasteiger partial charge on any atom is -0.493 e. The fraction of sp³-hybridized carbons (Fsp3) is 0.389. The van der Waals surface area contributed by atoms with Crippen LogP contribution in [0.2, 0.25) is 5.02 Å². The van der Waals surface area contributed by atoms with Crippen molar-refractivity contribution < 1.29 is 38.1 Å². The molecule has 9 heteroatoms. The molecule has 1 saturated heterocycles. The van der Waals surface area contributed by atoms with Crippen LogP contribution in [0.1, 0.15) is 26.3 Å². The molecule has 1 aliphatic rings. The SMILES string of the molecule is CCOC(=O)COc1c(Cl)cc(C=C2C(=O)OC(C)(C)OC2=O)cc1OC. The molecule has 8 nitrogen and oxygen atoms in total. The van der Waals surface area contributed by atoms with Crippen LogP contribution in [0.4, 0.5) is 0 Å². The molecule has 0 aliphatic carbocycles. The number of hydrogen-bond donors (Lipinski definition) is 0. The van der Waals surface area contributed by atoms with Crippen LogP contribution in [-0.2, 0) is 28.6 Å². The van der Waals surface area contributed by atoms with Gasteiger partial charge in [-0.2, -0.15) is 0 Å². The standard InChI is InChI=1S/C18H19ClO8/c1-5-24-14(20)9-25-15-12(19)7-10(8-13(15)23-4)6-11-16(21)26-18(2,3)27-17(11)22/h6-8H,5,9H2,1-4H3. The average Bonchev–Trinajstić information content (AvgIpc) is 2.56. The number of methoxy groups -OCH3 is 1. The maximum atomic E-state index is 12.0. The fourth-order valence-corrected chi connectivity index (χ4v) is 2.52. The van der Waals surface area contributed by atoms with Crippen LogP contribution in [0.25, 0.3) is 6.08 Å². The van der Waals surface area contributed by atoms with Gasteiger partial charge in [0.2, 0.25) is 0 Å². The molecule has 1 fully saturated rings. The number of cyclic esters (lactones) is 2. The Bertz CT molecular complexity index is 775. The molecule has 1 aliphatic heterocycles. The summed E-state index contributed by atoms with van der Waals surface area (Å²) in [5.41, 5.74) is 0.0941. The predicted octanol–water partition coefficient (Wildman–Crippen LogP) is 2.51. The van der Waals surface area contributed by atoms with Crippen LogP contribution in [0.15, 0.2) is 17.7 Å². The highest BCUT2D eigenvalue weighted by atomic mass is 35.5. The van der Waals surface area contributed by atoms with E-state index in [-0.39, 0.29) is 35.3 Å². The summed E-state index contributed by atoms with van der Waals surface area (Å²) >= 11 is 6.19. The Kier molecular flexibility index (Phi) is 6.32. The zero-order chi connectivity index (χ0) is 20.2. The molecule has 0 unspecified atom stereocenters. The largest absolute Gasteiger partial charge is 0.493 e. The second-order valence-electron chi connectivity index (χ2n) is 5.86. The van der Waals surface area contributed by atoms with E-state index in [1.54, 1.807) is 6.92 Å². The van der Waals surface area contributed by atoms with Gasteiger partial charge >= 0.3 is 17.9 Å². The van der Waals surface area contributed by atoms with Gasteiger partial charge in [0, 0.05) is 13.8 Å². The first-order valence-corrected chi connectivity index (χ1v) is 8.39. The topological polar surface area (TPSA) is 97.4 Å². The molecule has 0 spiro atoms. The molecule has 0 N–H and O–H groups in total. The van der Waals surface area contributed by atoms with E-state index in [2.05, 4.69) is 0 Å². The minimum atomic E-state index is -1.33. The molecule has 0 bridgehead atoms. The minimum absolute atomic E-state index is 0.114. The Morgan fingerprint density at radius 3 is 2.41 bits per heavy atom. The third-order valence-electron chi connectivity index (χ3n) is 3.32. The predicted molar refractivity (Wildman–Crippen MR) is 94.4 cm³/mol. The normalized spacial score (nSPS) is 15.5. The molecule has 0 saturated carbocycles. The van der Waals surface area contributed by atoms with E-state index < -0.39 is 23.7 Å². The molecule has 0 amide bonds. The highest BCUT2D eigenvalue weighted by molar-refractivity contribution is 6.32. The van der Waals surface area contributed by atoms with Gasteiger partial charge in [0.15, 0.2) is 18.1 Å². The van der Waals surface area contributed by atoms with Gasteiger partial charge in [-0.3, -0.25) is 0 Å². The van der Waals surface area contributed by atoms with Crippen LogP contribution in [-0.4, -0.2) is 44.0 Å². The Hall–Kier alpha value is -2.74. The number of hydrogen-bond acceptors (Lipinski definition) is 8. The number of halogens is 1. The maximum Gasteiger partial charge on any atom is 0.348 e. The number of carbonyl (C=O) groups excluding carboxylic acids is 3. The van der Waals surface area contributed by atoms with E-state index in [9.17, 15) is 14.4 Å². The van der Waals surface area contributed by atoms with E-state index in [0.29, 0.717) is 5.56 Å². The van der Waals surface area contributed by atoms with Gasteiger partial charge in [0.1, 0.15) is 5.57 Å². The van der Waals surface area contributed by atoms with E-state index in [4.69, 9.17) is 35.3 Å². The van der Waals surface area contributed by atoms with E-state index in [0.717, 1.165) is 0 Å². The molecule has 2 rings (SSSR count). The van der Waals surface area contributed by atoms with E-state index in [1.165, 1.54) is 39.2 Å². The van der Waals surface area contributed by atoms with Crippen molar-refractivity contribution >= 4 is 35.6 Å². The smallest absolute Gasteiger partial charge is 0.348 e. The van der Waals surface area contributed by atoms with E-state index >= 15 is 0 Å². The van der Waals surface area contributed by atoms with Gasteiger partial charge in [0.05, 0.1) is 18.7 Å². The third-order valence-corrected chi connectivity index (χ3v) is 3.60. The lowest BCUT2D eigenvalue weighted by atomic mass is 10.1. The molecular formula is C18H19ClO8. The van der Waals surface area contributed by atoms with Crippen molar-refractivity contribution in [1.29, 1.82) is 0 Å². The van der Waals surface area contributed by atoms with Crippen molar-refractivity contribution in [1.82, 2.24) is 0 Å². The summed E-state index contributed by atoms with van der Waals surface area (Å²) in [5, 5.41) is 0.114. The first kappa shape index (κ1) is 20.6. The van der Waals surface area contributed by atoms with Gasteiger partial charge in [-0.25, -0.2) is 14.4 Å². The lowest BCUT2D eigenvalue weighted by molar-refractivity contribution is -0.222. The zero-order valence-corrected chi connectivity index (χ0v) is 16.0. The summed E-state index contributed by atoms with van der Waals surface area (Å²) in [5.74, 6) is -3.17. The van der Waals surface area contributed by atoms with Crippen molar-refractivity contribution in [2.24, 2.45) is 0 Å². The first-order valence-electron chi connectivity index (χ1n) is 8.01. The zero-order valence-electron chi connectivity index (χ0n) is 15.3. The van der Waals surface area contributed by atoms with E-state index in [1.807, 2.05) is 0 Å². The van der Waals surface area contributed by atoms with Gasteiger partial charge in [-0.1, -0.05) is 11.6 Å². The van der Waals surface area contributed by atoms with Crippen molar-refractivity contribution in [3.63, 3.8) is 0 Å². The third kappa shape index (κ3) is 5.13. The molecule has 0 radical (unpaired) electrons. The lowest BCUT2D eigenvalue weighted by Gasteiger charge is -2.29. The van der Waals surface area contributed by atoms with Crippen LogP contribution in [0, 0.1) is 0 Å². The summed E-state index contributed by atoms with van der Waals surface area (Å²) in [7, 11) is 1.38. The first-order chi connectivity index (χ1) is 12.7. The van der Waals surface area contributed by atoms with Crippen molar-refractivity contribution in [3.8, 4) is 11.5 Å². The number of ether oxygens (including phenoxy) is 5. The second kappa shape index (κ2) is 8.30. The quantitative estimate of drug-likeness (QED) is 0.409. The molecule has 0 aromatic heterocycles. The molecular weight excluding hydrogens is 380 g/mol. The molecule has 1 aromatic carbocycles. The van der Waals surface area contributed by atoms with Gasteiger partial charge in [-0.05, 0) is 30.7 Å². The van der Waals surface area contributed by atoms with Crippen molar-refractivity contribution in [2.75, 3.05) is 20.3 Å². The highest BCUT2D eigenvalue weighted by Gasteiger charge is 2.38. The monoisotopic (exact) mass is 398 g/mol. The molecule has 146 valence electrons.